The van der Waals surface area contributed by atoms with Crippen LogP contribution < -0.4 is 5.32 Å². The van der Waals surface area contributed by atoms with Crippen molar-refractivity contribution in [3.05, 3.63) is 65.0 Å². The number of anilines is 1. The van der Waals surface area contributed by atoms with Crippen LogP contribution in [0.25, 0.3) is 0 Å². The molecular formula is C19H22FN. The van der Waals surface area contributed by atoms with Crippen molar-refractivity contribution in [3.8, 4) is 0 Å². The number of fused-ring (bicyclic) bond motifs is 1. The second-order valence-electron chi connectivity index (χ2n) is 6.69. The van der Waals surface area contributed by atoms with Crippen LogP contribution in [0.1, 0.15) is 49.4 Å². The highest BCUT2D eigenvalue weighted by molar-refractivity contribution is 5.50. The van der Waals surface area contributed by atoms with Gasteiger partial charge in [0.2, 0.25) is 0 Å². The van der Waals surface area contributed by atoms with E-state index in [1.807, 2.05) is 19.1 Å². The van der Waals surface area contributed by atoms with Crippen LogP contribution >= 0.6 is 0 Å². The zero-order chi connectivity index (χ0) is 15.0. The molecule has 1 unspecified atom stereocenters. The second kappa shape index (κ2) is 5.18. The van der Waals surface area contributed by atoms with Crippen molar-refractivity contribution in [2.75, 3.05) is 5.32 Å². The molecule has 21 heavy (non-hydrogen) atoms. The van der Waals surface area contributed by atoms with Gasteiger partial charge in [-0.1, -0.05) is 44.2 Å². The van der Waals surface area contributed by atoms with Crippen LogP contribution in [0.15, 0.2) is 42.5 Å². The Bertz CT molecular complexity index is 660. The first-order valence-electron chi connectivity index (χ1n) is 7.59. The lowest BCUT2D eigenvalue weighted by atomic mass is 9.71. The van der Waals surface area contributed by atoms with Crippen LogP contribution in [0, 0.1) is 12.7 Å². The van der Waals surface area contributed by atoms with Crippen molar-refractivity contribution < 1.29 is 4.39 Å². The molecule has 0 spiro atoms. The van der Waals surface area contributed by atoms with Crippen LogP contribution in [0.2, 0.25) is 0 Å². The predicted molar refractivity (Wildman–Crippen MR) is 86.2 cm³/mol. The molecule has 0 amide bonds. The number of hydrogen-bond donors (Lipinski definition) is 1. The van der Waals surface area contributed by atoms with Crippen molar-refractivity contribution in [3.63, 3.8) is 0 Å². The third-order valence-corrected chi connectivity index (χ3v) is 4.58. The molecule has 1 N–H and O–H groups in total. The van der Waals surface area contributed by atoms with Gasteiger partial charge in [0.05, 0.1) is 11.7 Å². The maximum atomic E-state index is 14.1. The lowest BCUT2D eigenvalue weighted by molar-refractivity contribution is 0.405. The summed E-state index contributed by atoms with van der Waals surface area (Å²) in [7, 11) is 0. The fourth-order valence-electron chi connectivity index (χ4n) is 3.29. The molecule has 0 fully saturated rings. The van der Waals surface area contributed by atoms with E-state index in [9.17, 15) is 4.39 Å². The summed E-state index contributed by atoms with van der Waals surface area (Å²) in [4.78, 5) is 0. The van der Waals surface area contributed by atoms with Crippen molar-refractivity contribution in [2.45, 2.75) is 45.1 Å². The first-order chi connectivity index (χ1) is 9.97. The number of halogens is 1. The first kappa shape index (κ1) is 14.1. The number of hydrogen-bond acceptors (Lipinski definition) is 1. The summed E-state index contributed by atoms with van der Waals surface area (Å²) in [5.41, 5.74) is 4.42. The Balaban J connectivity index is 1.94. The SMILES string of the molecule is Cc1ccc(NC2CCC(C)(C)c3ccccc32)c(F)c1. The molecule has 2 heteroatoms. The smallest absolute Gasteiger partial charge is 0.146 e. The molecule has 1 nitrogen and oxygen atoms in total. The van der Waals surface area contributed by atoms with Gasteiger partial charge in [-0.2, -0.15) is 0 Å². The Morgan fingerprint density at radius 1 is 1.14 bits per heavy atom. The lowest BCUT2D eigenvalue weighted by Crippen LogP contribution is -2.29. The quantitative estimate of drug-likeness (QED) is 0.782. The Labute approximate surface area is 126 Å². The molecule has 110 valence electrons. The van der Waals surface area contributed by atoms with Crippen LogP contribution in [-0.2, 0) is 5.41 Å². The summed E-state index contributed by atoms with van der Waals surface area (Å²) in [6.07, 6.45) is 2.13. The Morgan fingerprint density at radius 2 is 1.90 bits per heavy atom. The number of benzene rings is 2. The molecule has 0 aromatic heterocycles. The van der Waals surface area contributed by atoms with Gasteiger partial charge < -0.3 is 5.32 Å². The monoisotopic (exact) mass is 283 g/mol. The highest BCUT2D eigenvalue weighted by Crippen LogP contribution is 2.42. The molecule has 2 aromatic rings. The fourth-order valence-corrected chi connectivity index (χ4v) is 3.29. The molecule has 3 rings (SSSR count). The van der Waals surface area contributed by atoms with E-state index in [-0.39, 0.29) is 17.3 Å². The first-order valence-corrected chi connectivity index (χ1v) is 7.59. The Hall–Kier alpha value is -1.83. The minimum absolute atomic E-state index is 0.169. The van der Waals surface area contributed by atoms with Crippen molar-refractivity contribution >= 4 is 5.69 Å². The van der Waals surface area contributed by atoms with E-state index in [1.54, 1.807) is 6.07 Å². The van der Waals surface area contributed by atoms with Gasteiger partial charge in [0.1, 0.15) is 5.82 Å². The zero-order valence-corrected chi connectivity index (χ0v) is 12.9. The van der Waals surface area contributed by atoms with E-state index in [1.165, 1.54) is 11.1 Å². The molecule has 0 radical (unpaired) electrons. The normalized spacial score (nSPS) is 19.9. The summed E-state index contributed by atoms with van der Waals surface area (Å²) < 4.78 is 14.1. The Morgan fingerprint density at radius 3 is 2.67 bits per heavy atom. The van der Waals surface area contributed by atoms with Gasteiger partial charge in [-0.3, -0.25) is 0 Å². The maximum Gasteiger partial charge on any atom is 0.146 e. The van der Waals surface area contributed by atoms with Crippen molar-refractivity contribution in [1.29, 1.82) is 0 Å². The molecular weight excluding hydrogens is 261 g/mol. The molecule has 0 aliphatic heterocycles. The molecule has 1 aliphatic carbocycles. The number of rotatable bonds is 2. The number of aryl methyl sites for hydroxylation is 1. The molecule has 1 aliphatic rings. The minimum atomic E-state index is -0.169. The molecule has 0 saturated carbocycles. The van der Waals surface area contributed by atoms with Gasteiger partial charge in [-0.05, 0) is 54.0 Å². The standard InChI is InChI=1S/C19H22FN/c1-13-8-9-18(16(20)12-13)21-17-10-11-19(2,3)15-7-5-4-6-14(15)17/h4-9,12,17,21H,10-11H2,1-3H3. The topological polar surface area (TPSA) is 12.0 Å². The predicted octanol–water partition coefficient (Wildman–Crippen LogP) is 5.36. The summed E-state index contributed by atoms with van der Waals surface area (Å²) in [6, 6.07) is 14.1. The number of nitrogens with one attached hydrogen (secondary N) is 1. The summed E-state index contributed by atoms with van der Waals surface area (Å²) >= 11 is 0. The Kier molecular flexibility index (Phi) is 3.48. The lowest BCUT2D eigenvalue weighted by Gasteiger charge is -2.37. The average Bonchev–Trinajstić information content (AvgIpc) is 2.45. The van der Waals surface area contributed by atoms with Crippen LogP contribution in [0.3, 0.4) is 0 Å². The molecule has 0 saturated heterocycles. The van der Waals surface area contributed by atoms with Gasteiger partial charge in [0.25, 0.3) is 0 Å². The van der Waals surface area contributed by atoms with Gasteiger partial charge in [-0.15, -0.1) is 0 Å². The van der Waals surface area contributed by atoms with Crippen LogP contribution in [0.5, 0.6) is 0 Å². The largest absolute Gasteiger partial charge is 0.376 e. The van der Waals surface area contributed by atoms with Crippen LogP contribution in [-0.4, -0.2) is 0 Å². The third-order valence-electron chi connectivity index (χ3n) is 4.58. The molecule has 1 atom stereocenters. The second-order valence-corrected chi connectivity index (χ2v) is 6.69. The third kappa shape index (κ3) is 2.67. The van der Waals surface area contributed by atoms with E-state index in [4.69, 9.17) is 0 Å². The van der Waals surface area contributed by atoms with Crippen molar-refractivity contribution in [2.24, 2.45) is 0 Å². The van der Waals surface area contributed by atoms with E-state index >= 15 is 0 Å². The van der Waals surface area contributed by atoms with E-state index < -0.39 is 0 Å². The van der Waals surface area contributed by atoms with E-state index in [2.05, 4.69) is 43.4 Å². The summed E-state index contributed by atoms with van der Waals surface area (Å²) in [6.45, 7) is 6.48. The minimum Gasteiger partial charge on any atom is -0.376 e. The van der Waals surface area contributed by atoms with Gasteiger partial charge in [0.15, 0.2) is 0 Å². The summed E-state index contributed by atoms with van der Waals surface area (Å²) in [5, 5.41) is 3.40. The fraction of sp³-hybridized carbons (Fsp3) is 0.368. The van der Waals surface area contributed by atoms with Gasteiger partial charge in [0, 0.05) is 0 Å². The average molecular weight is 283 g/mol. The molecule has 2 aromatic carbocycles. The summed E-state index contributed by atoms with van der Waals surface area (Å²) in [5.74, 6) is -0.169. The zero-order valence-electron chi connectivity index (χ0n) is 12.9. The highest BCUT2D eigenvalue weighted by atomic mass is 19.1. The van der Waals surface area contributed by atoms with Crippen LogP contribution in [0.4, 0.5) is 10.1 Å². The highest BCUT2D eigenvalue weighted by Gasteiger charge is 2.32. The maximum absolute atomic E-state index is 14.1. The van der Waals surface area contributed by atoms with Gasteiger partial charge in [-0.25, -0.2) is 4.39 Å². The van der Waals surface area contributed by atoms with E-state index in [0.29, 0.717) is 5.69 Å². The molecule has 0 bridgehead atoms. The van der Waals surface area contributed by atoms with Gasteiger partial charge >= 0.3 is 0 Å². The molecule has 0 heterocycles. The van der Waals surface area contributed by atoms with Crippen molar-refractivity contribution in [1.82, 2.24) is 0 Å². The van der Waals surface area contributed by atoms with E-state index in [0.717, 1.165) is 18.4 Å².